The first-order valence-corrected chi connectivity index (χ1v) is 17.3. The highest BCUT2D eigenvalue weighted by atomic mass is 32.2. The maximum Gasteiger partial charge on any atom is 0.449 e. The van der Waals surface area contributed by atoms with E-state index in [4.69, 9.17) is 4.42 Å². The van der Waals surface area contributed by atoms with Crippen molar-refractivity contribution in [3.63, 3.8) is 0 Å². The zero-order valence-corrected chi connectivity index (χ0v) is 26.4. The molecule has 0 saturated heterocycles. The van der Waals surface area contributed by atoms with E-state index in [0.29, 0.717) is 33.0 Å². The van der Waals surface area contributed by atoms with Crippen LogP contribution in [0.2, 0.25) is 0 Å². The third-order valence-corrected chi connectivity index (χ3v) is 11.2. The lowest BCUT2D eigenvalue weighted by Crippen LogP contribution is -2.31. The lowest BCUT2D eigenvalue weighted by Gasteiger charge is -2.24. The van der Waals surface area contributed by atoms with E-state index in [0.717, 1.165) is 16.4 Å². The van der Waals surface area contributed by atoms with Crippen molar-refractivity contribution in [2.75, 3.05) is 0 Å². The Morgan fingerprint density at radius 2 is 1.60 bits per heavy atom. The van der Waals surface area contributed by atoms with E-state index < -0.39 is 38.3 Å². The molecule has 47 heavy (non-hydrogen) atoms. The number of sulfonamides is 1. The number of aromatic nitrogens is 3. The molecule has 1 N–H and O–H groups in total. The number of sulfone groups is 1. The van der Waals surface area contributed by atoms with Crippen LogP contribution in [0.1, 0.15) is 28.3 Å². The van der Waals surface area contributed by atoms with Gasteiger partial charge in [-0.3, -0.25) is 5.10 Å². The molecule has 4 aromatic carbocycles. The van der Waals surface area contributed by atoms with E-state index in [2.05, 4.69) is 15.4 Å². The second kappa shape index (κ2) is 12.4. The van der Waals surface area contributed by atoms with Crippen LogP contribution < -0.4 is 0 Å². The Morgan fingerprint density at radius 3 is 2.30 bits per heavy atom. The van der Waals surface area contributed by atoms with E-state index in [1.165, 1.54) is 12.3 Å². The number of aromatic amines is 1. The number of furan rings is 1. The number of H-pyrrole nitrogens is 1. The third-order valence-electron chi connectivity index (χ3n) is 7.59. The summed E-state index contributed by atoms with van der Waals surface area (Å²) in [7, 11) is -7.99. The van der Waals surface area contributed by atoms with Gasteiger partial charge in [-0.1, -0.05) is 78.0 Å². The summed E-state index contributed by atoms with van der Waals surface area (Å²) in [5, 5.41) is 11.0. The van der Waals surface area contributed by atoms with Gasteiger partial charge >= 0.3 is 6.18 Å². The maximum atomic E-state index is 14.3. The predicted molar refractivity (Wildman–Crippen MR) is 168 cm³/mol. The molecule has 9 nitrogen and oxygen atoms in total. The third kappa shape index (κ3) is 6.84. The molecular weight excluding hydrogens is 654 g/mol. The van der Waals surface area contributed by atoms with Crippen molar-refractivity contribution in [1.29, 1.82) is 0 Å². The van der Waals surface area contributed by atoms with Gasteiger partial charge in [0.2, 0.25) is 15.8 Å². The van der Waals surface area contributed by atoms with Crippen LogP contribution in [-0.4, -0.2) is 36.6 Å². The number of nitrogens with one attached hydrogen (secondary N) is 1. The largest absolute Gasteiger partial charge is 0.455 e. The normalized spacial score (nSPS) is 12.6. The molecule has 0 spiro atoms. The molecule has 2 aromatic heterocycles. The van der Waals surface area contributed by atoms with E-state index in [1.807, 2.05) is 6.07 Å². The molecule has 6 aromatic rings. The van der Waals surface area contributed by atoms with Gasteiger partial charge in [-0.2, -0.15) is 17.5 Å². The molecule has 0 atom stereocenters. The van der Waals surface area contributed by atoms with Gasteiger partial charge in [-0.15, -0.1) is 5.10 Å². The van der Waals surface area contributed by atoms with Crippen LogP contribution in [0.25, 0.3) is 21.9 Å². The lowest BCUT2D eigenvalue weighted by molar-refractivity contribution is -0.153. The van der Waals surface area contributed by atoms with Crippen LogP contribution in [0.4, 0.5) is 13.2 Å². The molecule has 0 fully saturated rings. The van der Waals surface area contributed by atoms with Crippen molar-refractivity contribution in [2.24, 2.45) is 0 Å². The summed E-state index contributed by atoms with van der Waals surface area (Å²) in [6.07, 6.45) is -3.32. The van der Waals surface area contributed by atoms with Crippen LogP contribution >= 0.6 is 0 Å². The smallest absolute Gasteiger partial charge is 0.449 e. The molecule has 0 aliphatic carbocycles. The Kier molecular flexibility index (Phi) is 8.51. The molecule has 0 saturated carbocycles. The summed E-state index contributed by atoms with van der Waals surface area (Å²) in [5.74, 6) is -1.72. The zero-order valence-electron chi connectivity index (χ0n) is 24.8. The van der Waals surface area contributed by atoms with Crippen LogP contribution in [0.3, 0.4) is 0 Å². The molecule has 0 bridgehead atoms. The van der Waals surface area contributed by atoms with Gasteiger partial charge in [0, 0.05) is 18.1 Å². The zero-order chi connectivity index (χ0) is 33.4. The Bertz CT molecular complexity index is 2270. The fourth-order valence-corrected chi connectivity index (χ4v) is 8.39. The molecular formula is C33H27F3N4O5S2. The standard InChI is InChI=1S/C33H27F3N4O5S2/c1-22-9-12-25-5-2-3-8-30(25)32(22)47(43,44)40(20-28-15-16-31(45-28)33(34,35)36)19-23-10-13-24(14-11-23)26-6-4-7-29(17-26)46(41,42)21-27-18-37-39-38-27/h2-18H,19-21H2,1H3,(H,37,38,39). The van der Waals surface area contributed by atoms with Crippen LogP contribution in [0, 0.1) is 6.92 Å². The summed E-state index contributed by atoms with van der Waals surface area (Å²) in [5.41, 5.74) is 2.60. The first-order chi connectivity index (χ1) is 22.3. The summed E-state index contributed by atoms with van der Waals surface area (Å²) >= 11 is 0. The molecule has 0 aliphatic rings. The van der Waals surface area contributed by atoms with Gasteiger partial charge in [-0.05, 0) is 58.8 Å². The number of benzene rings is 4. The van der Waals surface area contributed by atoms with Crippen molar-refractivity contribution in [3.8, 4) is 11.1 Å². The van der Waals surface area contributed by atoms with Gasteiger partial charge in [0.1, 0.15) is 11.5 Å². The summed E-state index contributed by atoms with van der Waals surface area (Å²) in [6, 6.07) is 25.6. The van der Waals surface area contributed by atoms with E-state index in [9.17, 15) is 30.0 Å². The Balaban J connectivity index is 1.33. The number of fused-ring (bicyclic) bond motifs is 1. The number of hydrogen-bond donors (Lipinski definition) is 1. The fraction of sp³-hybridized carbons (Fsp3) is 0.152. The highest BCUT2D eigenvalue weighted by molar-refractivity contribution is 7.90. The summed E-state index contributed by atoms with van der Waals surface area (Å²) < 4.78 is 101. The predicted octanol–water partition coefficient (Wildman–Crippen LogP) is 6.91. The minimum atomic E-state index is -4.73. The van der Waals surface area contributed by atoms with E-state index in [-0.39, 0.29) is 33.5 Å². The summed E-state index contributed by atoms with van der Waals surface area (Å²) in [6.45, 7) is 1.04. The molecule has 0 amide bonds. The molecule has 0 radical (unpaired) electrons. The van der Waals surface area contributed by atoms with Crippen molar-refractivity contribution < 1.29 is 34.4 Å². The van der Waals surface area contributed by atoms with Crippen LogP contribution in [-0.2, 0) is 44.9 Å². The minimum Gasteiger partial charge on any atom is -0.455 e. The van der Waals surface area contributed by atoms with Gasteiger partial charge < -0.3 is 4.42 Å². The molecule has 0 unspecified atom stereocenters. The van der Waals surface area contributed by atoms with E-state index in [1.54, 1.807) is 79.7 Å². The molecule has 0 aliphatic heterocycles. The topological polar surface area (TPSA) is 126 Å². The SMILES string of the molecule is Cc1ccc2ccccc2c1S(=O)(=O)N(Cc1ccc(-c2cccc(S(=O)(=O)Cc3c[nH]nn3)c2)cc1)Cc1ccc(C(F)(F)F)o1. The van der Waals surface area contributed by atoms with Crippen LogP contribution in [0.5, 0.6) is 0 Å². The maximum absolute atomic E-state index is 14.3. The highest BCUT2D eigenvalue weighted by Gasteiger charge is 2.36. The number of nitrogens with zero attached hydrogens (tertiary/aromatic N) is 3. The number of halogens is 3. The van der Waals surface area contributed by atoms with Crippen molar-refractivity contribution in [1.82, 2.24) is 19.7 Å². The first-order valence-electron chi connectivity index (χ1n) is 14.2. The van der Waals surface area contributed by atoms with Gasteiger partial charge in [0.05, 0.1) is 22.0 Å². The number of aryl methyl sites for hydroxylation is 1. The number of hydrogen-bond acceptors (Lipinski definition) is 7. The average Bonchev–Trinajstić information content (AvgIpc) is 3.73. The van der Waals surface area contributed by atoms with Crippen molar-refractivity contribution >= 4 is 30.6 Å². The van der Waals surface area contributed by atoms with Gasteiger partial charge in [0.25, 0.3) is 0 Å². The quantitative estimate of drug-likeness (QED) is 0.167. The van der Waals surface area contributed by atoms with Crippen LogP contribution in [0.15, 0.2) is 117 Å². The molecule has 14 heteroatoms. The highest BCUT2D eigenvalue weighted by Crippen LogP contribution is 2.34. The monoisotopic (exact) mass is 680 g/mol. The first kappa shape index (κ1) is 32.2. The second-order valence-electron chi connectivity index (χ2n) is 10.9. The fourth-order valence-electron chi connectivity index (χ4n) is 5.29. The summed E-state index contributed by atoms with van der Waals surface area (Å²) in [4.78, 5) is 0.153. The lowest BCUT2D eigenvalue weighted by atomic mass is 10.0. The number of alkyl halides is 3. The number of rotatable bonds is 10. The van der Waals surface area contributed by atoms with Crippen molar-refractivity contribution in [2.45, 2.75) is 41.7 Å². The van der Waals surface area contributed by atoms with Crippen molar-refractivity contribution in [3.05, 3.63) is 132 Å². The second-order valence-corrected chi connectivity index (χ2v) is 14.8. The molecule has 2 heterocycles. The molecule has 6 rings (SSSR count). The molecule has 242 valence electrons. The average molecular weight is 681 g/mol. The Morgan fingerprint density at radius 1 is 0.830 bits per heavy atom. The van der Waals surface area contributed by atoms with Gasteiger partial charge in [-0.25, -0.2) is 16.8 Å². The van der Waals surface area contributed by atoms with Gasteiger partial charge in [0.15, 0.2) is 9.84 Å². The van der Waals surface area contributed by atoms with E-state index >= 15 is 0 Å². The minimum absolute atomic E-state index is 0.0541. The Labute approximate surface area is 268 Å². The Hall–Kier alpha value is -4.79.